The van der Waals surface area contributed by atoms with Gasteiger partial charge in [-0.05, 0) is 19.8 Å². The van der Waals surface area contributed by atoms with E-state index >= 15 is 0 Å². The average Bonchev–Trinajstić information content (AvgIpc) is 2.67. The third kappa shape index (κ3) is 5.14. The lowest BCUT2D eigenvalue weighted by molar-refractivity contribution is -0.121. The quantitative estimate of drug-likeness (QED) is 0.683. The molecular weight excluding hydrogens is 192 g/mol. The summed E-state index contributed by atoms with van der Waals surface area (Å²) in [5.41, 5.74) is 0. The molecule has 15 heavy (non-hydrogen) atoms. The lowest BCUT2D eigenvalue weighted by Gasteiger charge is -2.14. The second kappa shape index (κ2) is 6.80. The van der Waals surface area contributed by atoms with E-state index in [1.807, 2.05) is 6.92 Å². The van der Waals surface area contributed by atoms with E-state index < -0.39 is 0 Å². The highest BCUT2D eigenvalue weighted by atomic mass is 16.5. The van der Waals surface area contributed by atoms with E-state index in [4.69, 9.17) is 4.74 Å². The summed E-state index contributed by atoms with van der Waals surface area (Å²) in [6.07, 6.45) is 3.15. The van der Waals surface area contributed by atoms with Crippen LogP contribution in [0.25, 0.3) is 0 Å². The van der Waals surface area contributed by atoms with Gasteiger partial charge in [-0.1, -0.05) is 13.3 Å². The molecule has 88 valence electrons. The van der Waals surface area contributed by atoms with Crippen LogP contribution in [0, 0.1) is 0 Å². The Bertz CT molecular complexity index is 191. The maximum Gasteiger partial charge on any atom is 0.234 e. The Balaban J connectivity index is 2.07. The summed E-state index contributed by atoms with van der Waals surface area (Å²) in [6, 6.07) is 0.640. The van der Waals surface area contributed by atoms with Crippen molar-refractivity contribution in [2.45, 2.75) is 45.2 Å². The minimum absolute atomic E-state index is 0.0860. The molecule has 1 heterocycles. The Morgan fingerprint density at radius 1 is 1.60 bits per heavy atom. The van der Waals surface area contributed by atoms with Gasteiger partial charge in [-0.2, -0.15) is 0 Å². The third-order valence-corrected chi connectivity index (χ3v) is 2.61. The van der Waals surface area contributed by atoms with Crippen molar-refractivity contribution in [3.63, 3.8) is 0 Å². The van der Waals surface area contributed by atoms with Crippen molar-refractivity contribution >= 4 is 5.91 Å². The SMILES string of the molecule is CCCC(C)NC(=O)CNC1CCOC1. The van der Waals surface area contributed by atoms with Crippen LogP contribution >= 0.6 is 0 Å². The first-order chi connectivity index (χ1) is 7.22. The number of carbonyl (C=O) groups is 1. The first-order valence-electron chi connectivity index (χ1n) is 5.83. The summed E-state index contributed by atoms with van der Waals surface area (Å²) in [5.74, 6) is 0.0860. The molecule has 1 saturated heterocycles. The van der Waals surface area contributed by atoms with Crippen molar-refractivity contribution in [3.05, 3.63) is 0 Å². The molecule has 1 amide bonds. The molecule has 0 bridgehead atoms. The van der Waals surface area contributed by atoms with E-state index in [2.05, 4.69) is 17.6 Å². The number of nitrogens with one attached hydrogen (secondary N) is 2. The summed E-state index contributed by atoms with van der Waals surface area (Å²) in [6.45, 7) is 6.11. The molecule has 4 heteroatoms. The highest BCUT2D eigenvalue weighted by molar-refractivity contribution is 5.78. The molecule has 0 radical (unpaired) electrons. The number of rotatable bonds is 6. The maximum atomic E-state index is 11.5. The fraction of sp³-hybridized carbons (Fsp3) is 0.909. The summed E-state index contributed by atoms with van der Waals surface area (Å²) in [7, 11) is 0. The molecule has 2 atom stereocenters. The van der Waals surface area contributed by atoms with E-state index in [-0.39, 0.29) is 11.9 Å². The fourth-order valence-corrected chi connectivity index (χ4v) is 1.76. The van der Waals surface area contributed by atoms with Crippen LogP contribution in [0.3, 0.4) is 0 Å². The molecule has 0 aromatic carbocycles. The number of amides is 1. The van der Waals surface area contributed by atoms with Gasteiger partial charge in [0.2, 0.25) is 5.91 Å². The molecule has 0 spiro atoms. The van der Waals surface area contributed by atoms with E-state index in [0.717, 1.165) is 32.5 Å². The lowest BCUT2D eigenvalue weighted by Crippen LogP contribution is -2.42. The molecule has 2 N–H and O–H groups in total. The Labute approximate surface area is 91.8 Å². The van der Waals surface area contributed by atoms with Crippen molar-refractivity contribution in [1.82, 2.24) is 10.6 Å². The van der Waals surface area contributed by atoms with Crippen LogP contribution in [0.2, 0.25) is 0 Å². The second-order valence-corrected chi connectivity index (χ2v) is 4.20. The molecular formula is C11H22N2O2. The summed E-state index contributed by atoms with van der Waals surface area (Å²) >= 11 is 0. The van der Waals surface area contributed by atoms with Crippen molar-refractivity contribution < 1.29 is 9.53 Å². The van der Waals surface area contributed by atoms with Gasteiger partial charge in [0.15, 0.2) is 0 Å². The van der Waals surface area contributed by atoms with E-state index in [1.165, 1.54) is 0 Å². The zero-order chi connectivity index (χ0) is 11.1. The fourth-order valence-electron chi connectivity index (χ4n) is 1.76. The highest BCUT2D eigenvalue weighted by Crippen LogP contribution is 2.02. The molecule has 1 rings (SSSR count). The van der Waals surface area contributed by atoms with Crippen molar-refractivity contribution in [3.8, 4) is 0 Å². The molecule has 0 saturated carbocycles. The van der Waals surface area contributed by atoms with Crippen molar-refractivity contribution in [1.29, 1.82) is 0 Å². The van der Waals surface area contributed by atoms with E-state index in [9.17, 15) is 4.79 Å². The van der Waals surface area contributed by atoms with Gasteiger partial charge in [0.05, 0.1) is 13.2 Å². The van der Waals surface area contributed by atoms with Crippen molar-refractivity contribution in [2.24, 2.45) is 0 Å². The predicted octanol–water partition coefficient (Wildman–Crippen LogP) is 0.670. The van der Waals surface area contributed by atoms with Crippen LogP contribution in [0.4, 0.5) is 0 Å². The van der Waals surface area contributed by atoms with Gasteiger partial charge in [0.25, 0.3) is 0 Å². The second-order valence-electron chi connectivity index (χ2n) is 4.20. The highest BCUT2D eigenvalue weighted by Gasteiger charge is 2.16. The Hall–Kier alpha value is -0.610. The molecule has 0 aliphatic carbocycles. The summed E-state index contributed by atoms with van der Waals surface area (Å²) in [4.78, 5) is 11.5. The molecule has 1 fully saturated rings. The number of carbonyl (C=O) groups excluding carboxylic acids is 1. The normalized spacial score (nSPS) is 22.7. The molecule has 4 nitrogen and oxygen atoms in total. The monoisotopic (exact) mass is 214 g/mol. The number of ether oxygens (including phenoxy) is 1. The maximum absolute atomic E-state index is 11.5. The van der Waals surface area contributed by atoms with Gasteiger partial charge in [-0.25, -0.2) is 0 Å². The first-order valence-corrected chi connectivity index (χ1v) is 5.83. The first kappa shape index (κ1) is 12.5. The topological polar surface area (TPSA) is 50.4 Å². The largest absolute Gasteiger partial charge is 0.380 e. The van der Waals surface area contributed by atoms with Gasteiger partial charge in [-0.15, -0.1) is 0 Å². The predicted molar refractivity (Wildman–Crippen MR) is 59.7 cm³/mol. The molecule has 1 aliphatic heterocycles. The van der Waals surface area contributed by atoms with Gasteiger partial charge in [-0.3, -0.25) is 4.79 Å². The Morgan fingerprint density at radius 2 is 2.40 bits per heavy atom. The van der Waals surface area contributed by atoms with Gasteiger partial charge < -0.3 is 15.4 Å². The molecule has 2 unspecified atom stereocenters. The standard InChI is InChI=1S/C11H22N2O2/c1-3-4-9(2)13-11(14)7-12-10-5-6-15-8-10/h9-10,12H,3-8H2,1-2H3,(H,13,14). The van der Waals surface area contributed by atoms with Crippen LogP contribution in [-0.4, -0.2) is 37.7 Å². The minimum atomic E-state index is 0.0860. The molecule has 1 aliphatic rings. The van der Waals surface area contributed by atoms with Crippen LogP contribution < -0.4 is 10.6 Å². The molecule has 0 aromatic heterocycles. The van der Waals surface area contributed by atoms with Crippen LogP contribution in [0.1, 0.15) is 33.1 Å². The summed E-state index contributed by atoms with van der Waals surface area (Å²) in [5, 5.41) is 6.15. The number of hydrogen-bond donors (Lipinski definition) is 2. The average molecular weight is 214 g/mol. The van der Waals surface area contributed by atoms with Crippen molar-refractivity contribution in [2.75, 3.05) is 19.8 Å². The zero-order valence-corrected chi connectivity index (χ0v) is 9.71. The number of hydrogen-bond acceptors (Lipinski definition) is 3. The lowest BCUT2D eigenvalue weighted by atomic mass is 10.2. The van der Waals surface area contributed by atoms with Gasteiger partial charge in [0.1, 0.15) is 0 Å². The van der Waals surface area contributed by atoms with E-state index in [0.29, 0.717) is 12.6 Å². The Morgan fingerprint density at radius 3 is 3.00 bits per heavy atom. The van der Waals surface area contributed by atoms with Crippen LogP contribution in [0.15, 0.2) is 0 Å². The van der Waals surface area contributed by atoms with Gasteiger partial charge in [0, 0.05) is 18.7 Å². The van der Waals surface area contributed by atoms with Crippen LogP contribution in [0.5, 0.6) is 0 Å². The van der Waals surface area contributed by atoms with Crippen LogP contribution in [-0.2, 0) is 9.53 Å². The van der Waals surface area contributed by atoms with Gasteiger partial charge >= 0.3 is 0 Å². The zero-order valence-electron chi connectivity index (χ0n) is 9.71. The Kier molecular flexibility index (Phi) is 5.65. The van der Waals surface area contributed by atoms with E-state index in [1.54, 1.807) is 0 Å². The minimum Gasteiger partial charge on any atom is -0.380 e. The molecule has 0 aromatic rings. The third-order valence-electron chi connectivity index (χ3n) is 2.61. The smallest absolute Gasteiger partial charge is 0.234 e. The summed E-state index contributed by atoms with van der Waals surface area (Å²) < 4.78 is 5.21.